The van der Waals surface area contributed by atoms with Crippen LogP contribution < -0.4 is 0 Å². The molecule has 0 radical (unpaired) electrons. The summed E-state index contributed by atoms with van der Waals surface area (Å²) in [4.78, 5) is 2.40. The van der Waals surface area contributed by atoms with Crippen LogP contribution >= 0.6 is 0 Å². The molecule has 0 saturated carbocycles. The van der Waals surface area contributed by atoms with Gasteiger partial charge in [-0.25, -0.2) is 0 Å². The van der Waals surface area contributed by atoms with Crippen LogP contribution in [-0.4, -0.2) is 40.9 Å². The standard InChI is InChI=1S/C13H15N3O/c1-2-4-11-10(3-1)13-12(9-15-5-6-15)17-8-7-16(13)14-11/h1-4,12H,5-9H2. The number of hydrogen-bond acceptors (Lipinski definition) is 3. The zero-order valence-corrected chi connectivity index (χ0v) is 9.67. The number of nitrogens with zero attached hydrogens (tertiary/aromatic N) is 3. The molecular formula is C13H15N3O. The molecule has 4 nitrogen and oxygen atoms in total. The molecule has 3 heterocycles. The van der Waals surface area contributed by atoms with Gasteiger partial charge < -0.3 is 4.74 Å². The van der Waals surface area contributed by atoms with Gasteiger partial charge in [0.05, 0.1) is 24.4 Å². The van der Waals surface area contributed by atoms with Crippen LogP contribution in [0, 0.1) is 0 Å². The zero-order valence-electron chi connectivity index (χ0n) is 9.67. The normalized spacial score (nSPS) is 23.9. The lowest BCUT2D eigenvalue weighted by molar-refractivity contribution is 0.0102. The maximum atomic E-state index is 5.92. The number of hydrogen-bond donors (Lipinski definition) is 0. The molecule has 2 aliphatic rings. The molecule has 0 spiro atoms. The fraction of sp³-hybridized carbons (Fsp3) is 0.462. The van der Waals surface area contributed by atoms with Crippen molar-refractivity contribution in [1.82, 2.24) is 14.7 Å². The van der Waals surface area contributed by atoms with Gasteiger partial charge in [-0.05, 0) is 6.07 Å². The average Bonchev–Trinajstić information content (AvgIpc) is 3.08. The summed E-state index contributed by atoms with van der Waals surface area (Å²) in [5, 5.41) is 5.90. The molecule has 2 aliphatic heterocycles. The summed E-state index contributed by atoms with van der Waals surface area (Å²) < 4.78 is 8.05. The summed E-state index contributed by atoms with van der Waals surface area (Å²) in [6.07, 6.45) is 0.193. The fourth-order valence-electron chi connectivity index (χ4n) is 2.60. The Labute approximate surface area is 99.8 Å². The molecule has 88 valence electrons. The van der Waals surface area contributed by atoms with E-state index >= 15 is 0 Å². The lowest BCUT2D eigenvalue weighted by Crippen LogP contribution is -2.26. The molecule has 1 aromatic carbocycles. The Kier molecular flexibility index (Phi) is 2.01. The molecule has 1 atom stereocenters. The molecule has 0 N–H and O–H groups in total. The average molecular weight is 229 g/mol. The van der Waals surface area contributed by atoms with Gasteiger partial charge in [-0.2, -0.15) is 5.10 Å². The number of rotatable bonds is 2. The molecular weight excluding hydrogens is 214 g/mol. The van der Waals surface area contributed by atoms with Crippen LogP contribution in [0.25, 0.3) is 10.9 Å². The lowest BCUT2D eigenvalue weighted by Gasteiger charge is -2.25. The van der Waals surface area contributed by atoms with E-state index in [1.54, 1.807) is 0 Å². The van der Waals surface area contributed by atoms with Gasteiger partial charge in [-0.1, -0.05) is 18.2 Å². The Balaban J connectivity index is 1.83. The number of fused-ring (bicyclic) bond motifs is 3. The second-order valence-electron chi connectivity index (χ2n) is 4.79. The van der Waals surface area contributed by atoms with Gasteiger partial charge in [-0.3, -0.25) is 9.58 Å². The van der Waals surface area contributed by atoms with Crippen LogP contribution in [0.3, 0.4) is 0 Å². The van der Waals surface area contributed by atoms with Crippen molar-refractivity contribution in [1.29, 1.82) is 0 Å². The predicted molar refractivity (Wildman–Crippen MR) is 64.9 cm³/mol. The van der Waals surface area contributed by atoms with Crippen molar-refractivity contribution in [3.63, 3.8) is 0 Å². The molecule has 1 aromatic heterocycles. The number of aromatic nitrogens is 2. The first-order valence-electron chi connectivity index (χ1n) is 6.21. The first-order chi connectivity index (χ1) is 8.42. The maximum Gasteiger partial charge on any atom is 0.112 e. The lowest BCUT2D eigenvalue weighted by atomic mass is 10.1. The molecule has 0 bridgehead atoms. The maximum absolute atomic E-state index is 5.92. The third-order valence-electron chi connectivity index (χ3n) is 3.58. The zero-order chi connectivity index (χ0) is 11.2. The molecule has 1 fully saturated rings. The smallest absolute Gasteiger partial charge is 0.112 e. The summed E-state index contributed by atoms with van der Waals surface area (Å²) in [5.41, 5.74) is 2.35. The van der Waals surface area contributed by atoms with Gasteiger partial charge >= 0.3 is 0 Å². The number of ether oxygens (including phenoxy) is 1. The van der Waals surface area contributed by atoms with E-state index in [1.165, 1.54) is 24.2 Å². The van der Waals surface area contributed by atoms with E-state index in [1.807, 2.05) is 6.07 Å². The largest absolute Gasteiger partial charge is 0.369 e. The van der Waals surface area contributed by atoms with E-state index in [2.05, 4.69) is 32.9 Å². The fourth-order valence-corrected chi connectivity index (χ4v) is 2.60. The van der Waals surface area contributed by atoms with E-state index < -0.39 is 0 Å². The molecule has 4 heteroatoms. The van der Waals surface area contributed by atoms with Gasteiger partial charge in [0.15, 0.2) is 0 Å². The second kappa shape index (κ2) is 3.55. The summed E-state index contributed by atoms with van der Waals surface area (Å²) in [6.45, 7) is 5.09. The predicted octanol–water partition coefficient (Wildman–Crippen LogP) is 1.42. The van der Waals surface area contributed by atoms with Crippen molar-refractivity contribution in [2.24, 2.45) is 0 Å². The van der Waals surface area contributed by atoms with Crippen molar-refractivity contribution in [2.75, 3.05) is 26.2 Å². The summed E-state index contributed by atoms with van der Waals surface area (Å²) >= 11 is 0. The van der Waals surface area contributed by atoms with Crippen LogP contribution in [0.5, 0.6) is 0 Å². The van der Waals surface area contributed by atoms with Crippen LogP contribution in [0.1, 0.15) is 11.8 Å². The first kappa shape index (κ1) is 9.62. The first-order valence-corrected chi connectivity index (χ1v) is 6.21. The van der Waals surface area contributed by atoms with Crippen molar-refractivity contribution < 1.29 is 4.74 Å². The van der Waals surface area contributed by atoms with Crippen molar-refractivity contribution in [3.8, 4) is 0 Å². The Bertz CT molecular complexity index is 559. The molecule has 4 rings (SSSR count). The SMILES string of the molecule is c1ccc2c3n(nc2c1)CCOC3CN1CC1. The minimum Gasteiger partial charge on any atom is -0.369 e. The van der Waals surface area contributed by atoms with E-state index in [0.717, 1.165) is 25.2 Å². The Morgan fingerprint density at radius 2 is 2.12 bits per heavy atom. The number of benzene rings is 1. The Morgan fingerprint density at radius 1 is 1.24 bits per heavy atom. The van der Waals surface area contributed by atoms with E-state index in [9.17, 15) is 0 Å². The second-order valence-corrected chi connectivity index (χ2v) is 4.79. The van der Waals surface area contributed by atoms with E-state index in [0.29, 0.717) is 0 Å². The highest BCUT2D eigenvalue weighted by molar-refractivity contribution is 5.82. The molecule has 1 saturated heterocycles. The van der Waals surface area contributed by atoms with Gasteiger partial charge in [0.1, 0.15) is 6.10 Å². The van der Waals surface area contributed by atoms with Gasteiger partial charge in [0.25, 0.3) is 0 Å². The van der Waals surface area contributed by atoms with Gasteiger partial charge in [-0.15, -0.1) is 0 Å². The highest BCUT2D eigenvalue weighted by atomic mass is 16.5. The highest BCUT2D eigenvalue weighted by Gasteiger charge is 2.30. The van der Waals surface area contributed by atoms with Crippen LogP contribution in [0.4, 0.5) is 0 Å². The monoisotopic (exact) mass is 229 g/mol. The van der Waals surface area contributed by atoms with E-state index in [4.69, 9.17) is 4.74 Å². The van der Waals surface area contributed by atoms with Gasteiger partial charge in [0.2, 0.25) is 0 Å². The van der Waals surface area contributed by atoms with Crippen molar-refractivity contribution >= 4 is 10.9 Å². The molecule has 17 heavy (non-hydrogen) atoms. The molecule has 0 aliphatic carbocycles. The molecule has 2 aromatic rings. The van der Waals surface area contributed by atoms with Crippen LogP contribution in [0.2, 0.25) is 0 Å². The Hall–Kier alpha value is -1.39. The van der Waals surface area contributed by atoms with Crippen molar-refractivity contribution in [2.45, 2.75) is 12.6 Å². The molecule has 0 amide bonds. The van der Waals surface area contributed by atoms with E-state index in [-0.39, 0.29) is 6.10 Å². The van der Waals surface area contributed by atoms with Crippen molar-refractivity contribution in [3.05, 3.63) is 30.0 Å². The van der Waals surface area contributed by atoms with Crippen LogP contribution in [-0.2, 0) is 11.3 Å². The topological polar surface area (TPSA) is 30.1 Å². The third-order valence-corrected chi connectivity index (χ3v) is 3.58. The summed E-state index contributed by atoms with van der Waals surface area (Å²) in [6, 6.07) is 8.35. The van der Waals surface area contributed by atoms with Gasteiger partial charge in [0, 0.05) is 25.0 Å². The summed E-state index contributed by atoms with van der Waals surface area (Å²) in [7, 11) is 0. The summed E-state index contributed by atoms with van der Waals surface area (Å²) in [5.74, 6) is 0. The minimum absolute atomic E-state index is 0.193. The molecule has 1 unspecified atom stereocenters. The Morgan fingerprint density at radius 3 is 3.00 bits per heavy atom. The third kappa shape index (κ3) is 1.56. The minimum atomic E-state index is 0.193. The quantitative estimate of drug-likeness (QED) is 0.730. The van der Waals surface area contributed by atoms with Crippen LogP contribution in [0.15, 0.2) is 24.3 Å². The highest BCUT2D eigenvalue weighted by Crippen LogP contribution is 2.31.